The monoisotopic (exact) mass is 470 g/mol. The molecule has 0 radical (unpaired) electrons. The van der Waals surface area contributed by atoms with Gasteiger partial charge in [-0.1, -0.05) is 29.4 Å². The van der Waals surface area contributed by atoms with Crippen LogP contribution in [-0.4, -0.2) is 63.3 Å². The van der Waals surface area contributed by atoms with E-state index >= 15 is 0 Å². The van der Waals surface area contributed by atoms with Gasteiger partial charge in [0, 0.05) is 50.4 Å². The predicted octanol–water partition coefficient (Wildman–Crippen LogP) is 3.06. The van der Waals surface area contributed by atoms with Crippen molar-refractivity contribution in [2.75, 3.05) is 49.8 Å². The molecule has 0 bridgehead atoms. The minimum atomic E-state index is -3.19. The number of nitrogens with zero attached hydrogens (tertiary/aromatic N) is 3. The molecule has 2 heterocycles. The van der Waals surface area contributed by atoms with Crippen molar-refractivity contribution in [1.82, 2.24) is 9.46 Å². The maximum atomic E-state index is 11.7. The summed E-state index contributed by atoms with van der Waals surface area (Å²) in [4.78, 5) is 13.3. The van der Waals surface area contributed by atoms with E-state index in [1.165, 1.54) is 17.5 Å². The fraction of sp³-hybridized carbons (Fsp3) is 0.304. The molecule has 1 aliphatic rings. The van der Waals surface area contributed by atoms with Crippen LogP contribution in [0.15, 0.2) is 53.1 Å². The Labute approximate surface area is 193 Å². The van der Waals surface area contributed by atoms with Gasteiger partial charge in [0.25, 0.3) is 0 Å². The van der Waals surface area contributed by atoms with Gasteiger partial charge in [0.1, 0.15) is 5.75 Å². The van der Waals surface area contributed by atoms with Crippen molar-refractivity contribution in [1.29, 1.82) is 0 Å². The van der Waals surface area contributed by atoms with Gasteiger partial charge in [-0.2, -0.15) is 4.31 Å². The lowest BCUT2D eigenvalue weighted by Crippen LogP contribution is -2.48. The molecule has 1 fully saturated rings. The quantitative estimate of drug-likeness (QED) is 0.590. The zero-order chi connectivity index (χ0) is 23.6. The highest BCUT2D eigenvalue weighted by atomic mass is 32.2. The second-order valence-electron chi connectivity index (χ2n) is 7.84. The van der Waals surface area contributed by atoms with Crippen LogP contribution in [0, 0.1) is 0 Å². The number of carbonyl (C=O) groups excluding carboxylic acids is 1. The number of piperazine rings is 1. The van der Waals surface area contributed by atoms with Crippen LogP contribution in [0.4, 0.5) is 11.5 Å². The largest absolute Gasteiger partial charge is 0.495 e. The van der Waals surface area contributed by atoms with Gasteiger partial charge in [-0.25, -0.2) is 8.42 Å². The van der Waals surface area contributed by atoms with Crippen molar-refractivity contribution in [3.05, 3.63) is 48.5 Å². The molecule has 3 aromatic rings. The maximum absolute atomic E-state index is 11.7. The van der Waals surface area contributed by atoms with E-state index < -0.39 is 10.0 Å². The van der Waals surface area contributed by atoms with Gasteiger partial charge in [-0.15, -0.1) is 0 Å². The highest BCUT2D eigenvalue weighted by molar-refractivity contribution is 7.88. The van der Waals surface area contributed by atoms with E-state index in [2.05, 4.69) is 10.5 Å². The molecular weight excluding hydrogens is 444 g/mol. The minimum Gasteiger partial charge on any atom is -0.495 e. The Balaban J connectivity index is 1.58. The summed E-state index contributed by atoms with van der Waals surface area (Å²) in [6.45, 7) is 3.37. The van der Waals surface area contributed by atoms with E-state index in [1.807, 2.05) is 53.4 Å². The average molecular weight is 471 g/mol. The topological polar surface area (TPSA) is 105 Å². The van der Waals surface area contributed by atoms with E-state index in [4.69, 9.17) is 9.26 Å². The lowest BCUT2D eigenvalue weighted by atomic mass is 10.00. The molecule has 0 spiro atoms. The van der Waals surface area contributed by atoms with Crippen LogP contribution < -0.4 is 15.0 Å². The molecule has 1 amide bonds. The smallest absolute Gasteiger partial charge is 0.221 e. The number of nitrogens with one attached hydrogen (secondary N) is 1. The van der Waals surface area contributed by atoms with Gasteiger partial charge in [0.15, 0.2) is 11.6 Å². The molecule has 0 saturated carbocycles. The summed E-state index contributed by atoms with van der Waals surface area (Å²) in [5.41, 5.74) is 3.29. The van der Waals surface area contributed by atoms with E-state index in [-0.39, 0.29) is 5.91 Å². The molecule has 1 saturated heterocycles. The molecule has 0 unspecified atom stereocenters. The number of ether oxygens (including phenoxy) is 1. The van der Waals surface area contributed by atoms with Gasteiger partial charge in [-0.3, -0.25) is 4.79 Å². The Kier molecular flexibility index (Phi) is 6.39. The molecule has 0 atom stereocenters. The third-order valence-electron chi connectivity index (χ3n) is 5.53. The van der Waals surface area contributed by atoms with Crippen LogP contribution in [-0.2, 0) is 14.8 Å². The molecule has 1 aromatic heterocycles. The Morgan fingerprint density at radius 3 is 2.33 bits per heavy atom. The predicted molar refractivity (Wildman–Crippen MR) is 127 cm³/mol. The second-order valence-corrected chi connectivity index (χ2v) is 9.83. The van der Waals surface area contributed by atoms with Gasteiger partial charge in [-0.05, 0) is 23.8 Å². The lowest BCUT2D eigenvalue weighted by Gasteiger charge is -2.32. The molecule has 1 N–H and O–H groups in total. The van der Waals surface area contributed by atoms with Crippen LogP contribution >= 0.6 is 0 Å². The minimum absolute atomic E-state index is 0.124. The molecule has 1 aliphatic heterocycles. The standard InChI is InChI=1S/C23H26N4O5S/c1-16(28)24-18-9-7-17(8-10-18)19-5-4-6-20(23(19)31-2)21-15-22(25-32-21)26-11-13-27(14-12-26)33(3,29)30/h4-10,15H,11-14H2,1-3H3,(H,24,28). The first-order valence-electron chi connectivity index (χ1n) is 10.5. The van der Waals surface area contributed by atoms with Gasteiger partial charge in [0.05, 0.1) is 18.9 Å². The van der Waals surface area contributed by atoms with Gasteiger partial charge >= 0.3 is 0 Å². The van der Waals surface area contributed by atoms with Crippen molar-refractivity contribution in [3.8, 4) is 28.2 Å². The Bertz CT molecular complexity index is 1250. The fourth-order valence-electron chi connectivity index (χ4n) is 3.91. The number of amides is 1. The highest BCUT2D eigenvalue weighted by Gasteiger charge is 2.26. The van der Waals surface area contributed by atoms with Crippen molar-refractivity contribution in [2.24, 2.45) is 0 Å². The number of rotatable bonds is 6. The van der Waals surface area contributed by atoms with Gasteiger partial charge in [0.2, 0.25) is 15.9 Å². The number of anilines is 2. The summed E-state index contributed by atoms with van der Waals surface area (Å²) < 4.78 is 36.3. The van der Waals surface area contributed by atoms with E-state index in [0.29, 0.717) is 43.5 Å². The first-order valence-corrected chi connectivity index (χ1v) is 12.3. The van der Waals surface area contributed by atoms with Crippen molar-refractivity contribution in [3.63, 3.8) is 0 Å². The highest BCUT2D eigenvalue weighted by Crippen LogP contribution is 2.40. The molecule has 33 heavy (non-hydrogen) atoms. The summed E-state index contributed by atoms with van der Waals surface area (Å²) in [7, 11) is -1.59. The second kappa shape index (κ2) is 9.24. The van der Waals surface area contributed by atoms with Crippen molar-refractivity contribution < 1.29 is 22.5 Å². The molecule has 174 valence electrons. The van der Waals surface area contributed by atoms with Crippen LogP contribution in [0.2, 0.25) is 0 Å². The van der Waals surface area contributed by atoms with E-state index in [1.54, 1.807) is 7.11 Å². The molecular formula is C23H26N4O5S. The number of aromatic nitrogens is 1. The van der Waals surface area contributed by atoms with Crippen LogP contribution in [0.5, 0.6) is 5.75 Å². The molecule has 0 aliphatic carbocycles. The summed E-state index contributed by atoms with van der Waals surface area (Å²) in [5, 5.41) is 6.97. The summed E-state index contributed by atoms with van der Waals surface area (Å²) in [6.07, 6.45) is 1.23. The number of benzene rings is 2. The zero-order valence-corrected chi connectivity index (χ0v) is 19.6. The summed E-state index contributed by atoms with van der Waals surface area (Å²) in [6, 6.07) is 15.1. The Morgan fingerprint density at radius 1 is 1.06 bits per heavy atom. The lowest BCUT2D eigenvalue weighted by molar-refractivity contribution is -0.114. The molecule has 10 heteroatoms. The summed E-state index contributed by atoms with van der Waals surface area (Å²) in [5.74, 6) is 1.74. The van der Waals surface area contributed by atoms with E-state index in [0.717, 1.165) is 22.4 Å². The number of sulfonamides is 1. The summed E-state index contributed by atoms with van der Waals surface area (Å²) >= 11 is 0. The molecule has 9 nitrogen and oxygen atoms in total. The molecule has 2 aromatic carbocycles. The SMILES string of the molecule is COc1c(-c2ccc(NC(C)=O)cc2)cccc1-c1cc(N2CCN(S(C)(=O)=O)CC2)no1. The maximum Gasteiger partial charge on any atom is 0.221 e. The number of para-hydroxylation sites is 1. The normalized spacial score (nSPS) is 14.8. The Hall–Kier alpha value is -3.37. The van der Waals surface area contributed by atoms with Crippen LogP contribution in [0.1, 0.15) is 6.92 Å². The number of hydrogen-bond donors (Lipinski definition) is 1. The van der Waals surface area contributed by atoms with Crippen molar-refractivity contribution in [2.45, 2.75) is 6.92 Å². The number of methoxy groups -OCH3 is 1. The molecule has 4 rings (SSSR count). The van der Waals surface area contributed by atoms with Gasteiger partial charge < -0.3 is 19.5 Å². The number of carbonyl (C=O) groups is 1. The average Bonchev–Trinajstić information content (AvgIpc) is 3.28. The third-order valence-corrected chi connectivity index (χ3v) is 6.83. The van der Waals surface area contributed by atoms with Crippen LogP contribution in [0.25, 0.3) is 22.5 Å². The first-order chi connectivity index (χ1) is 15.8. The van der Waals surface area contributed by atoms with Crippen LogP contribution in [0.3, 0.4) is 0 Å². The van der Waals surface area contributed by atoms with E-state index in [9.17, 15) is 13.2 Å². The third kappa shape index (κ3) is 5.01. The number of hydrogen-bond acceptors (Lipinski definition) is 7. The Morgan fingerprint density at radius 2 is 1.73 bits per heavy atom. The first kappa shape index (κ1) is 22.8. The fourth-order valence-corrected chi connectivity index (χ4v) is 4.73. The zero-order valence-electron chi connectivity index (χ0n) is 18.7. The van der Waals surface area contributed by atoms with Crippen molar-refractivity contribution >= 4 is 27.4 Å².